The third-order valence-electron chi connectivity index (χ3n) is 4.12. The first kappa shape index (κ1) is 14.0. The molecule has 2 aliphatic carbocycles. The van der Waals surface area contributed by atoms with Gasteiger partial charge in [0.2, 0.25) is 5.91 Å². The first-order valence-corrected chi connectivity index (χ1v) is 8.61. The van der Waals surface area contributed by atoms with Crippen LogP contribution >= 0.6 is 11.8 Å². The molecule has 2 fully saturated rings. The van der Waals surface area contributed by atoms with E-state index in [1.54, 1.807) is 11.8 Å². The van der Waals surface area contributed by atoms with Gasteiger partial charge in [-0.05, 0) is 45.4 Å². The van der Waals surface area contributed by atoms with E-state index in [2.05, 4.69) is 17.0 Å². The molecule has 2 saturated carbocycles. The van der Waals surface area contributed by atoms with Crippen molar-refractivity contribution in [1.82, 2.24) is 10.1 Å². The number of aromatic nitrogens is 1. The van der Waals surface area contributed by atoms with E-state index in [0.717, 1.165) is 23.1 Å². The van der Waals surface area contributed by atoms with Crippen molar-refractivity contribution in [3.8, 4) is 0 Å². The Morgan fingerprint density at radius 2 is 2.25 bits per heavy atom. The standard InChI is InChI=1S/C15H22N2O2S/c1-10-7-13(16-19-10)8-20-9-15(18)17(14-5-6-14)11(2)12-3-4-12/h7,11-12,14H,3-6,8-9H2,1-2H3. The molecular weight excluding hydrogens is 272 g/mol. The van der Waals surface area contributed by atoms with Gasteiger partial charge in [0.05, 0.1) is 11.4 Å². The zero-order chi connectivity index (χ0) is 14.1. The molecule has 0 aromatic carbocycles. The Balaban J connectivity index is 1.49. The van der Waals surface area contributed by atoms with Gasteiger partial charge < -0.3 is 9.42 Å². The molecule has 1 atom stereocenters. The van der Waals surface area contributed by atoms with Crippen molar-refractivity contribution in [2.45, 2.75) is 57.4 Å². The Bertz CT molecular complexity index is 480. The molecule has 5 heteroatoms. The number of nitrogens with zero attached hydrogens (tertiary/aromatic N) is 2. The van der Waals surface area contributed by atoms with Gasteiger partial charge in [-0.1, -0.05) is 5.16 Å². The van der Waals surface area contributed by atoms with Gasteiger partial charge in [0.1, 0.15) is 5.76 Å². The molecule has 0 spiro atoms. The number of thioether (sulfide) groups is 1. The number of rotatable bonds is 7. The van der Waals surface area contributed by atoms with Gasteiger partial charge in [-0.25, -0.2) is 0 Å². The highest BCUT2D eigenvalue weighted by Crippen LogP contribution is 2.40. The molecule has 0 saturated heterocycles. The zero-order valence-electron chi connectivity index (χ0n) is 12.2. The van der Waals surface area contributed by atoms with Crippen LogP contribution in [0.5, 0.6) is 0 Å². The van der Waals surface area contributed by atoms with Gasteiger partial charge >= 0.3 is 0 Å². The number of amides is 1. The van der Waals surface area contributed by atoms with E-state index < -0.39 is 0 Å². The third-order valence-corrected chi connectivity index (χ3v) is 5.07. The van der Waals surface area contributed by atoms with Crippen LogP contribution in [0.25, 0.3) is 0 Å². The molecule has 1 unspecified atom stereocenters. The van der Waals surface area contributed by atoms with Gasteiger partial charge in [0.15, 0.2) is 0 Å². The van der Waals surface area contributed by atoms with Crippen molar-refractivity contribution < 1.29 is 9.32 Å². The van der Waals surface area contributed by atoms with Crippen LogP contribution in [-0.2, 0) is 10.5 Å². The Hall–Kier alpha value is -0.970. The molecular formula is C15H22N2O2S. The van der Waals surface area contributed by atoms with Crippen molar-refractivity contribution in [3.05, 3.63) is 17.5 Å². The van der Waals surface area contributed by atoms with Crippen molar-refractivity contribution >= 4 is 17.7 Å². The van der Waals surface area contributed by atoms with Crippen LogP contribution in [0.4, 0.5) is 0 Å². The van der Waals surface area contributed by atoms with E-state index in [0.29, 0.717) is 23.7 Å². The van der Waals surface area contributed by atoms with Crippen LogP contribution in [0, 0.1) is 12.8 Å². The Morgan fingerprint density at radius 1 is 1.50 bits per heavy atom. The Labute approximate surface area is 124 Å². The van der Waals surface area contributed by atoms with Gasteiger partial charge in [-0.2, -0.15) is 0 Å². The summed E-state index contributed by atoms with van der Waals surface area (Å²) in [5.41, 5.74) is 0.925. The van der Waals surface area contributed by atoms with Crippen LogP contribution in [0.2, 0.25) is 0 Å². The third kappa shape index (κ3) is 3.37. The SMILES string of the molecule is Cc1cc(CSCC(=O)N(C2CC2)C(C)C2CC2)no1. The second-order valence-corrected chi connectivity index (χ2v) is 7.02. The molecule has 0 aliphatic heterocycles. The normalized spacial score (nSPS) is 19.9. The summed E-state index contributed by atoms with van der Waals surface area (Å²) in [7, 11) is 0. The summed E-state index contributed by atoms with van der Waals surface area (Å²) in [6.07, 6.45) is 4.97. The van der Waals surface area contributed by atoms with Crippen LogP contribution < -0.4 is 0 Å². The number of hydrogen-bond acceptors (Lipinski definition) is 4. The van der Waals surface area contributed by atoms with E-state index in [1.165, 1.54) is 25.7 Å². The van der Waals surface area contributed by atoms with E-state index in [-0.39, 0.29) is 0 Å². The number of carbonyl (C=O) groups excluding carboxylic acids is 1. The number of carbonyl (C=O) groups is 1. The minimum atomic E-state index is 0.303. The lowest BCUT2D eigenvalue weighted by Crippen LogP contribution is -2.42. The minimum Gasteiger partial charge on any atom is -0.361 e. The highest BCUT2D eigenvalue weighted by molar-refractivity contribution is 7.99. The van der Waals surface area contributed by atoms with Crippen LogP contribution in [0.3, 0.4) is 0 Å². The first-order valence-electron chi connectivity index (χ1n) is 7.46. The van der Waals surface area contributed by atoms with Crippen LogP contribution in [0.15, 0.2) is 10.6 Å². The molecule has 0 bridgehead atoms. The largest absolute Gasteiger partial charge is 0.361 e. The van der Waals surface area contributed by atoms with E-state index in [9.17, 15) is 4.79 Å². The highest BCUT2D eigenvalue weighted by Gasteiger charge is 2.41. The van der Waals surface area contributed by atoms with Crippen LogP contribution in [0.1, 0.15) is 44.1 Å². The summed E-state index contributed by atoms with van der Waals surface area (Å²) in [5.74, 6) is 3.19. The summed E-state index contributed by atoms with van der Waals surface area (Å²) in [4.78, 5) is 14.6. The molecule has 1 aromatic heterocycles. The quantitative estimate of drug-likeness (QED) is 0.775. The summed E-state index contributed by atoms with van der Waals surface area (Å²) < 4.78 is 5.04. The predicted octanol–water partition coefficient (Wildman–Crippen LogP) is 3.01. The van der Waals surface area contributed by atoms with Crippen molar-refractivity contribution in [3.63, 3.8) is 0 Å². The van der Waals surface area contributed by atoms with Gasteiger partial charge in [-0.3, -0.25) is 4.79 Å². The molecule has 0 N–H and O–H groups in total. The van der Waals surface area contributed by atoms with Gasteiger partial charge in [-0.15, -0.1) is 11.8 Å². The maximum atomic E-state index is 12.5. The Morgan fingerprint density at radius 3 is 2.80 bits per heavy atom. The zero-order valence-corrected chi connectivity index (χ0v) is 13.0. The molecule has 110 valence electrons. The minimum absolute atomic E-state index is 0.303. The molecule has 3 rings (SSSR count). The summed E-state index contributed by atoms with van der Waals surface area (Å²) in [5, 5.41) is 3.96. The molecule has 0 radical (unpaired) electrons. The fourth-order valence-corrected chi connectivity index (χ4v) is 3.50. The van der Waals surface area contributed by atoms with E-state index in [1.807, 2.05) is 13.0 Å². The second kappa shape index (κ2) is 5.80. The Kier molecular flexibility index (Phi) is 4.06. The van der Waals surface area contributed by atoms with Gasteiger partial charge in [0.25, 0.3) is 0 Å². The second-order valence-electron chi connectivity index (χ2n) is 6.03. The van der Waals surface area contributed by atoms with Crippen molar-refractivity contribution in [1.29, 1.82) is 0 Å². The number of hydrogen-bond donors (Lipinski definition) is 0. The maximum Gasteiger partial charge on any atom is 0.233 e. The predicted molar refractivity (Wildman–Crippen MR) is 79.5 cm³/mol. The highest BCUT2D eigenvalue weighted by atomic mass is 32.2. The van der Waals surface area contributed by atoms with E-state index in [4.69, 9.17) is 4.52 Å². The maximum absolute atomic E-state index is 12.5. The average Bonchev–Trinajstić information content (AvgIpc) is 3.30. The molecule has 4 nitrogen and oxygen atoms in total. The van der Waals surface area contributed by atoms with Crippen LogP contribution in [-0.4, -0.2) is 33.8 Å². The van der Waals surface area contributed by atoms with Crippen molar-refractivity contribution in [2.24, 2.45) is 5.92 Å². The van der Waals surface area contributed by atoms with Crippen molar-refractivity contribution in [2.75, 3.05) is 5.75 Å². The molecule has 20 heavy (non-hydrogen) atoms. The summed E-state index contributed by atoms with van der Waals surface area (Å²) >= 11 is 1.64. The topological polar surface area (TPSA) is 46.3 Å². The fourth-order valence-electron chi connectivity index (χ4n) is 2.73. The van der Waals surface area contributed by atoms with E-state index >= 15 is 0 Å². The molecule has 1 amide bonds. The lowest BCUT2D eigenvalue weighted by Gasteiger charge is -2.29. The molecule has 2 aliphatic rings. The lowest BCUT2D eigenvalue weighted by molar-refractivity contribution is -0.131. The summed E-state index contributed by atoms with van der Waals surface area (Å²) in [6.45, 7) is 4.11. The van der Waals surface area contributed by atoms with Gasteiger partial charge in [0, 0.05) is 23.9 Å². The molecule has 1 heterocycles. The fraction of sp³-hybridized carbons (Fsp3) is 0.733. The monoisotopic (exact) mass is 294 g/mol. The summed E-state index contributed by atoms with van der Waals surface area (Å²) in [6, 6.07) is 2.89. The molecule has 1 aromatic rings. The average molecular weight is 294 g/mol. The first-order chi connectivity index (χ1) is 9.65. The smallest absolute Gasteiger partial charge is 0.233 e. The lowest BCUT2D eigenvalue weighted by atomic mass is 10.2. The number of aryl methyl sites for hydroxylation is 1.